The maximum Gasteiger partial charge on any atom is 0.230 e. The van der Waals surface area contributed by atoms with Gasteiger partial charge in [-0.15, -0.1) is 0 Å². The minimum absolute atomic E-state index is 0.0442. The minimum Gasteiger partial charge on any atom is -0.440 e. The molecule has 0 saturated carbocycles. The molecular weight excluding hydrogens is 324 g/mol. The van der Waals surface area contributed by atoms with Gasteiger partial charge in [0, 0.05) is 18.2 Å². The van der Waals surface area contributed by atoms with Gasteiger partial charge in [-0.1, -0.05) is 48.5 Å². The van der Waals surface area contributed by atoms with Gasteiger partial charge in [0.25, 0.3) is 0 Å². The summed E-state index contributed by atoms with van der Waals surface area (Å²) in [6, 6.07) is 19.9. The van der Waals surface area contributed by atoms with Crippen LogP contribution in [0.4, 0.5) is 0 Å². The second-order valence-electron chi connectivity index (χ2n) is 6.67. The summed E-state index contributed by atoms with van der Waals surface area (Å²) in [6.45, 7) is 6.54. The highest BCUT2D eigenvalue weighted by molar-refractivity contribution is 5.78. The molecule has 0 radical (unpaired) electrons. The van der Waals surface area contributed by atoms with Crippen molar-refractivity contribution < 1.29 is 9.21 Å². The number of hydrogen-bond donors (Lipinski definition) is 0. The van der Waals surface area contributed by atoms with Crippen molar-refractivity contribution in [3.63, 3.8) is 0 Å². The number of aryl methyl sites for hydroxylation is 1. The molecule has 0 fully saturated rings. The molecule has 1 heterocycles. The Bertz CT molecular complexity index is 854. The van der Waals surface area contributed by atoms with Gasteiger partial charge in [0.15, 0.2) is 0 Å². The van der Waals surface area contributed by atoms with E-state index in [0.717, 1.165) is 16.8 Å². The number of oxazole rings is 1. The highest BCUT2D eigenvalue weighted by Gasteiger charge is 2.21. The number of benzene rings is 2. The van der Waals surface area contributed by atoms with Crippen LogP contribution in [-0.4, -0.2) is 21.8 Å². The molecule has 0 unspecified atom stereocenters. The Labute approximate surface area is 154 Å². The predicted molar refractivity (Wildman–Crippen MR) is 103 cm³/mol. The van der Waals surface area contributed by atoms with Gasteiger partial charge in [-0.3, -0.25) is 4.79 Å². The minimum atomic E-state index is 0.0442. The third-order valence-corrected chi connectivity index (χ3v) is 4.36. The van der Waals surface area contributed by atoms with Crippen LogP contribution >= 0.6 is 0 Å². The smallest absolute Gasteiger partial charge is 0.230 e. The monoisotopic (exact) mass is 348 g/mol. The Hall–Kier alpha value is -2.88. The molecule has 0 spiro atoms. The Morgan fingerprint density at radius 1 is 1.04 bits per heavy atom. The lowest BCUT2D eigenvalue weighted by molar-refractivity contribution is -0.133. The molecule has 0 aliphatic carbocycles. The molecule has 1 aromatic heterocycles. The van der Waals surface area contributed by atoms with Crippen LogP contribution < -0.4 is 0 Å². The lowest BCUT2D eigenvalue weighted by Crippen LogP contribution is -2.37. The highest BCUT2D eigenvalue weighted by atomic mass is 16.4. The van der Waals surface area contributed by atoms with Crippen molar-refractivity contribution in [3.05, 3.63) is 77.7 Å². The van der Waals surface area contributed by atoms with Crippen LogP contribution in [0.15, 0.2) is 65.1 Å². The van der Waals surface area contributed by atoms with Crippen LogP contribution in [0.2, 0.25) is 0 Å². The van der Waals surface area contributed by atoms with Gasteiger partial charge in [-0.05, 0) is 38.5 Å². The molecule has 1 amide bonds. The van der Waals surface area contributed by atoms with Crippen molar-refractivity contribution in [2.45, 2.75) is 39.8 Å². The molecule has 3 aromatic rings. The number of hydrogen-bond acceptors (Lipinski definition) is 3. The normalized spacial score (nSPS) is 10.9. The summed E-state index contributed by atoms with van der Waals surface area (Å²) in [5.41, 5.74) is 2.80. The molecule has 0 saturated heterocycles. The molecule has 0 N–H and O–H groups in total. The van der Waals surface area contributed by atoms with Crippen LogP contribution in [0.25, 0.3) is 11.5 Å². The largest absolute Gasteiger partial charge is 0.440 e. The van der Waals surface area contributed by atoms with E-state index in [2.05, 4.69) is 4.98 Å². The van der Waals surface area contributed by atoms with E-state index >= 15 is 0 Å². The molecule has 3 rings (SSSR count). The SMILES string of the molecule is Cc1nc(-c2ccccc2)oc1CC(=O)N(Cc1ccccc1)C(C)C. The summed E-state index contributed by atoms with van der Waals surface area (Å²) in [5, 5.41) is 0. The first-order chi connectivity index (χ1) is 12.5. The Morgan fingerprint density at radius 3 is 2.27 bits per heavy atom. The number of rotatable bonds is 6. The number of aromatic nitrogens is 1. The highest BCUT2D eigenvalue weighted by Crippen LogP contribution is 2.22. The zero-order valence-corrected chi connectivity index (χ0v) is 15.5. The molecule has 0 aliphatic heterocycles. The van der Waals surface area contributed by atoms with Gasteiger partial charge in [0.1, 0.15) is 5.76 Å². The van der Waals surface area contributed by atoms with Crippen molar-refractivity contribution in [2.75, 3.05) is 0 Å². The Morgan fingerprint density at radius 2 is 1.65 bits per heavy atom. The Balaban J connectivity index is 1.76. The molecule has 134 valence electrons. The quantitative estimate of drug-likeness (QED) is 0.652. The van der Waals surface area contributed by atoms with Gasteiger partial charge < -0.3 is 9.32 Å². The second kappa shape index (κ2) is 8.00. The van der Waals surface area contributed by atoms with Gasteiger partial charge in [0.2, 0.25) is 11.8 Å². The molecule has 2 aromatic carbocycles. The van der Waals surface area contributed by atoms with Crippen LogP contribution in [0.3, 0.4) is 0 Å². The summed E-state index contributed by atoms with van der Waals surface area (Å²) in [5.74, 6) is 1.24. The van der Waals surface area contributed by atoms with Crippen molar-refractivity contribution in [2.24, 2.45) is 0 Å². The van der Waals surface area contributed by atoms with Gasteiger partial charge in [-0.25, -0.2) is 4.98 Å². The van der Waals surface area contributed by atoms with E-state index in [1.807, 2.05) is 86.3 Å². The van der Waals surface area contributed by atoms with Gasteiger partial charge in [0.05, 0.1) is 12.1 Å². The van der Waals surface area contributed by atoms with E-state index in [1.54, 1.807) is 0 Å². The van der Waals surface area contributed by atoms with Crippen molar-refractivity contribution in [1.29, 1.82) is 0 Å². The third kappa shape index (κ3) is 4.20. The lowest BCUT2D eigenvalue weighted by atomic mass is 10.1. The topological polar surface area (TPSA) is 46.3 Å². The molecule has 4 heteroatoms. The van der Waals surface area contributed by atoms with E-state index in [-0.39, 0.29) is 18.4 Å². The van der Waals surface area contributed by atoms with Gasteiger partial charge in [-0.2, -0.15) is 0 Å². The van der Waals surface area contributed by atoms with E-state index in [0.29, 0.717) is 18.2 Å². The molecule has 26 heavy (non-hydrogen) atoms. The molecule has 4 nitrogen and oxygen atoms in total. The fourth-order valence-electron chi connectivity index (χ4n) is 2.87. The van der Waals surface area contributed by atoms with Gasteiger partial charge >= 0.3 is 0 Å². The molecule has 0 atom stereocenters. The van der Waals surface area contributed by atoms with Crippen molar-refractivity contribution in [1.82, 2.24) is 9.88 Å². The summed E-state index contributed by atoms with van der Waals surface area (Å²) in [7, 11) is 0. The average molecular weight is 348 g/mol. The Kier molecular flexibility index (Phi) is 5.52. The number of carbonyl (C=O) groups is 1. The average Bonchev–Trinajstić information content (AvgIpc) is 3.01. The van der Waals surface area contributed by atoms with E-state index in [4.69, 9.17) is 4.42 Å². The molecular formula is C22H24N2O2. The van der Waals surface area contributed by atoms with E-state index < -0.39 is 0 Å². The fraction of sp³-hybridized carbons (Fsp3) is 0.273. The number of carbonyl (C=O) groups excluding carboxylic acids is 1. The first-order valence-corrected chi connectivity index (χ1v) is 8.89. The van der Waals surface area contributed by atoms with Crippen LogP contribution in [-0.2, 0) is 17.8 Å². The van der Waals surface area contributed by atoms with Crippen molar-refractivity contribution in [3.8, 4) is 11.5 Å². The maximum absolute atomic E-state index is 12.9. The first kappa shape index (κ1) is 17.9. The van der Waals surface area contributed by atoms with Crippen LogP contribution in [0.5, 0.6) is 0 Å². The van der Waals surface area contributed by atoms with E-state index in [9.17, 15) is 4.79 Å². The van der Waals surface area contributed by atoms with Crippen LogP contribution in [0, 0.1) is 6.92 Å². The second-order valence-corrected chi connectivity index (χ2v) is 6.67. The number of nitrogens with zero attached hydrogens (tertiary/aromatic N) is 2. The summed E-state index contributed by atoms with van der Waals surface area (Å²) in [4.78, 5) is 19.3. The zero-order chi connectivity index (χ0) is 18.5. The molecule has 0 aliphatic rings. The summed E-state index contributed by atoms with van der Waals surface area (Å²) < 4.78 is 5.89. The third-order valence-electron chi connectivity index (χ3n) is 4.36. The van der Waals surface area contributed by atoms with Crippen LogP contribution in [0.1, 0.15) is 30.9 Å². The zero-order valence-electron chi connectivity index (χ0n) is 15.5. The summed E-state index contributed by atoms with van der Waals surface area (Å²) >= 11 is 0. The fourth-order valence-corrected chi connectivity index (χ4v) is 2.87. The molecule has 0 bridgehead atoms. The predicted octanol–water partition coefficient (Wildman–Crippen LogP) is 4.63. The first-order valence-electron chi connectivity index (χ1n) is 8.89. The van der Waals surface area contributed by atoms with Crippen molar-refractivity contribution >= 4 is 5.91 Å². The maximum atomic E-state index is 12.9. The standard InChI is InChI=1S/C22H24N2O2/c1-16(2)24(15-18-10-6-4-7-11-18)21(25)14-20-17(3)23-22(26-20)19-12-8-5-9-13-19/h4-13,16H,14-15H2,1-3H3. The number of amides is 1. The lowest BCUT2D eigenvalue weighted by Gasteiger charge is -2.26. The summed E-state index contributed by atoms with van der Waals surface area (Å²) in [6.07, 6.45) is 0.219. The van der Waals surface area contributed by atoms with E-state index in [1.165, 1.54) is 0 Å².